The van der Waals surface area contributed by atoms with Crippen molar-refractivity contribution in [3.63, 3.8) is 0 Å². The minimum Gasteiger partial charge on any atom is -0.394 e. The van der Waals surface area contributed by atoms with E-state index in [9.17, 15) is 18.3 Å². The van der Waals surface area contributed by atoms with Crippen molar-refractivity contribution in [3.05, 3.63) is 29.8 Å². The van der Waals surface area contributed by atoms with Gasteiger partial charge in [0.2, 0.25) is 15.9 Å². The lowest BCUT2D eigenvalue weighted by Gasteiger charge is -2.36. The molecular formula is C19H28N2O5S. The largest absolute Gasteiger partial charge is 0.394 e. The van der Waals surface area contributed by atoms with Crippen LogP contribution in [0.4, 0.5) is 0 Å². The number of hydrogen-bond acceptors (Lipinski definition) is 5. The van der Waals surface area contributed by atoms with E-state index in [-0.39, 0.29) is 42.0 Å². The SMILES string of the molecule is Cc1ccccc1S(=O)(=O)NCC[C@@H]1CC[C@H](NC(=O)C2CC2)[C@@H](CO)O1. The number of sulfonamides is 1. The zero-order chi connectivity index (χ0) is 19.4. The number of aryl methyl sites for hydroxylation is 1. The lowest BCUT2D eigenvalue weighted by atomic mass is 9.97. The Morgan fingerprint density at radius 1 is 1.22 bits per heavy atom. The fourth-order valence-corrected chi connectivity index (χ4v) is 4.74. The number of carbonyl (C=O) groups is 1. The number of ether oxygens (including phenoxy) is 1. The highest BCUT2D eigenvalue weighted by atomic mass is 32.2. The van der Waals surface area contributed by atoms with Gasteiger partial charge in [-0.3, -0.25) is 4.79 Å². The third-order valence-corrected chi connectivity index (χ3v) is 6.83. The van der Waals surface area contributed by atoms with Crippen molar-refractivity contribution in [1.29, 1.82) is 0 Å². The van der Waals surface area contributed by atoms with Crippen molar-refractivity contribution >= 4 is 15.9 Å². The monoisotopic (exact) mass is 396 g/mol. The Morgan fingerprint density at radius 2 is 1.96 bits per heavy atom. The summed E-state index contributed by atoms with van der Waals surface area (Å²) in [5.74, 6) is 0.171. The van der Waals surface area contributed by atoms with Crippen LogP contribution in [-0.2, 0) is 19.6 Å². The van der Waals surface area contributed by atoms with Gasteiger partial charge >= 0.3 is 0 Å². The molecule has 2 fully saturated rings. The van der Waals surface area contributed by atoms with E-state index < -0.39 is 16.1 Å². The van der Waals surface area contributed by atoms with Gasteiger partial charge in [0.15, 0.2) is 0 Å². The van der Waals surface area contributed by atoms with Crippen LogP contribution in [0.3, 0.4) is 0 Å². The number of carbonyl (C=O) groups excluding carboxylic acids is 1. The van der Waals surface area contributed by atoms with E-state index in [2.05, 4.69) is 10.0 Å². The van der Waals surface area contributed by atoms with Crippen molar-refractivity contribution < 1.29 is 23.1 Å². The number of benzene rings is 1. The molecule has 0 bridgehead atoms. The highest BCUT2D eigenvalue weighted by Crippen LogP contribution is 2.30. The fraction of sp³-hybridized carbons (Fsp3) is 0.632. The maximum atomic E-state index is 12.4. The summed E-state index contributed by atoms with van der Waals surface area (Å²) in [6.45, 7) is 1.86. The summed E-state index contributed by atoms with van der Waals surface area (Å²) in [6.07, 6.45) is 3.25. The van der Waals surface area contributed by atoms with Crippen molar-refractivity contribution in [3.8, 4) is 0 Å². The molecule has 0 spiro atoms. The summed E-state index contributed by atoms with van der Waals surface area (Å²) in [4.78, 5) is 12.2. The van der Waals surface area contributed by atoms with Crippen LogP contribution in [0.1, 0.15) is 37.7 Å². The zero-order valence-corrected chi connectivity index (χ0v) is 16.4. The van der Waals surface area contributed by atoms with Gasteiger partial charge in [0, 0.05) is 12.5 Å². The number of nitrogens with one attached hydrogen (secondary N) is 2. The molecule has 0 aromatic heterocycles. The van der Waals surface area contributed by atoms with Gasteiger partial charge in [0.05, 0.1) is 23.6 Å². The van der Waals surface area contributed by atoms with Crippen LogP contribution >= 0.6 is 0 Å². The molecule has 27 heavy (non-hydrogen) atoms. The number of aliphatic hydroxyl groups is 1. The van der Waals surface area contributed by atoms with E-state index in [0.29, 0.717) is 12.0 Å². The van der Waals surface area contributed by atoms with E-state index in [1.165, 1.54) is 0 Å². The van der Waals surface area contributed by atoms with E-state index in [1.807, 2.05) is 0 Å². The van der Waals surface area contributed by atoms with Crippen LogP contribution in [0.25, 0.3) is 0 Å². The summed E-state index contributed by atoms with van der Waals surface area (Å²) < 4.78 is 33.4. The Labute approximate surface area is 160 Å². The second-order valence-electron chi connectivity index (χ2n) is 7.40. The third kappa shape index (κ3) is 5.28. The normalized spacial score (nSPS) is 25.9. The first-order valence-electron chi connectivity index (χ1n) is 9.52. The average Bonchev–Trinajstić information content (AvgIpc) is 3.48. The Bertz CT molecular complexity index is 763. The molecule has 1 saturated heterocycles. The van der Waals surface area contributed by atoms with E-state index in [4.69, 9.17) is 4.74 Å². The van der Waals surface area contributed by atoms with Gasteiger partial charge in [0.25, 0.3) is 0 Å². The van der Waals surface area contributed by atoms with Gasteiger partial charge in [-0.1, -0.05) is 18.2 Å². The highest BCUT2D eigenvalue weighted by molar-refractivity contribution is 7.89. The summed E-state index contributed by atoms with van der Waals surface area (Å²) in [5.41, 5.74) is 0.702. The minimum absolute atomic E-state index is 0.0477. The first kappa shape index (κ1) is 20.3. The molecule has 3 N–H and O–H groups in total. The van der Waals surface area contributed by atoms with E-state index in [1.54, 1.807) is 31.2 Å². The van der Waals surface area contributed by atoms with Gasteiger partial charge in [-0.15, -0.1) is 0 Å². The smallest absolute Gasteiger partial charge is 0.240 e. The van der Waals surface area contributed by atoms with Crippen molar-refractivity contribution in [1.82, 2.24) is 10.0 Å². The van der Waals surface area contributed by atoms with Gasteiger partial charge in [-0.05, 0) is 50.7 Å². The average molecular weight is 397 g/mol. The molecule has 0 unspecified atom stereocenters. The van der Waals surface area contributed by atoms with Crippen molar-refractivity contribution in [2.75, 3.05) is 13.2 Å². The fourth-order valence-electron chi connectivity index (χ4n) is 3.45. The second kappa shape index (κ2) is 8.68. The molecule has 1 saturated carbocycles. The van der Waals surface area contributed by atoms with Gasteiger partial charge in [-0.2, -0.15) is 0 Å². The summed E-state index contributed by atoms with van der Waals surface area (Å²) in [5, 5.41) is 12.6. The molecule has 1 aromatic rings. The molecule has 8 heteroatoms. The van der Waals surface area contributed by atoms with Crippen LogP contribution in [0.2, 0.25) is 0 Å². The second-order valence-corrected chi connectivity index (χ2v) is 9.13. The van der Waals surface area contributed by atoms with E-state index in [0.717, 1.165) is 25.7 Å². The van der Waals surface area contributed by atoms with Crippen LogP contribution in [0.15, 0.2) is 29.2 Å². The molecule has 1 heterocycles. The maximum absolute atomic E-state index is 12.4. The molecule has 1 aliphatic heterocycles. The predicted octanol–water partition coefficient (Wildman–Crippen LogP) is 1.10. The number of rotatable bonds is 8. The first-order valence-corrected chi connectivity index (χ1v) is 11.0. The topological polar surface area (TPSA) is 105 Å². The molecule has 1 amide bonds. The molecule has 7 nitrogen and oxygen atoms in total. The Balaban J connectivity index is 1.48. The number of aliphatic hydroxyl groups excluding tert-OH is 1. The van der Waals surface area contributed by atoms with Crippen LogP contribution in [0, 0.1) is 12.8 Å². The molecule has 1 aromatic carbocycles. The molecule has 0 radical (unpaired) electrons. The minimum atomic E-state index is -3.55. The molecule has 3 atom stereocenters. The lowest BCUT2D eigenvalue weighted by Crippen LogP contribution is -2.51. The zero-order valence-electron chi connectivity index (χ0n) is 15.6. The van der Waals surface area contributed by atoms with Crippen LogP contribution < -0.4 is 10.0 Å². The van der Waals surface area contributed by atoms with Crippen molar-refractivity contribution in [2.45, 2.75) is 62.2 Å². The summed E-state index contributed by atoms with van der Waals surface area (Å²) >= 11 is 0. The number of amides is 1. The standard InChI is InChI=1S/C19H28N2O5S/c1-13-4-2-3-5-18(13)27(24,25)20-11-10-15-8-9-16(17(12-22)26-15)21-19(23)14-6-7-14/h2-5,14-17,20,22H,6-12H2,1H3,(H,21,23)/t15-,16-,17+/m0/s1. The third-order valence-electron chi connectivity index (χ3n) is 5.21. The maximum Gasteiger partial charge on any atom is 0.240 e. The Hall–Kier alpha value is -1.48. The molecule has 3 rings (SSSR count). The molecule has 2 aliphatic rings. The quantitative estimate of drug-likeness (QED) is 0.610. The van der Waals surface area contributed by atoms with Crippen LogP contribution in [0.5, 0.6) is 0 Å². The highest BCUT2D eigenvalue weighted by Gasteiger charge is 2.36. The summed E-state index contributed by atoms with van der Waals surface area (Å²) in [7, 11) is -3.55. The van der Waals surface area contributed by atoms with E-state index >= 15 is 0 Å². The number of hydrogen-bond donors (Lipinski definition) is 3. The predicted molar refractivity (Wildman–Crippen MR) is 101 cm³/mol. The molecular weight excluding hydrogens is 368 g/mol. The van der Waals surface area contributed by atoms with Crippen LogP contribution in [-0.4, -0.2) is 50.8 Å². The lowest BCUT2D eigenvalue weighted by molar-refractivity contribution is -0.129. The van der Waals surface area contributed by atoms with Crippen molar-refractivity contribution in [2.24, 2.45) is 5.92 Å². The summed E-state index contributed by atoms with van der Waals surface area (Å²) in [6, 6.07) is 6.68. The molecule has 1 aliphatic carbocycles. The van der Waals surface area contributed by atoms with Gasteiger partial charge in [0.1, 0.15) is 6.10 Å². The Morgan fingerprint density at radius 3 is 2.63 bits per heavy atom. The Kier molecular flexibility index (Phi) is 6.52. The molecule has 150 valence electrons. The van der Waals surface area contributed by atoms with Gasteiger partial charge < -0.3 is 15.2 Å². The first-order chi connectivity index (χ1) is 12.9. The van der Waals surface area contributed by atoms with Gasteiger partial charge in [-0.25, -0.2) is 13.1 Å².